The number of carbonyl (C=O) groups excluding carboxylic acids is 1. The Hall–Kier alpha value is -2.68. The van der Waals surface area contributed by atoms with Crippen LogP contribution in [0.3, 0.4) is 0 Å². The third-order valence-corrected chi connectivity index (χ3v) is 4.28. The average molecular weight is 289 g/mol. The molecule has 0 saturated carbocycles. The molecular weight excluding hydrogens is 274 g/mol. The molecule has 0 saturated heterocycles. The number of nitrogens with zero attached hydrogens (tertiary/aromatic N) is 1. The fourth-order valence-electron chi connectivity index (χ4n) is 3.37. The van der Waals surface area contributed by atoms with Gasteiger partial charge < -0.3 is 4.57 Å². The van der Waals surface area contributed by atoms with Gasteiger partial charge in [-0.15, -0.1) is 0 Å². The molecule has 0 fully saturated rings. The van der Waals surface area contributed by atoms with E-state index in [1.165, 1.54) is 0 Å². The molecule has 1 aliphatic carbocycles. The van der Waals surface area contributed by atoms with Crippen molar-refractivity contribution in [1.29, 1.82) is 0 Å². The van der Waals surface area contributed by atoms with E-state index in [1.54, 1.807) is 10.6 Å². The van der Waals surface area contributed by atoms with Crippen molar-refractivity contribution in [3.8, 4) is 11.3 Å². The van der Waals surface area contributed by atoms with Gasteiger partial charge in [-0.3, -0.25) is 9.59 Å². The van der Waals surface area contributed by atoms with Crippen LogP contribution < -0.4 is 5.56 Å². The molecule has 1 heterocycles. The summed E-state index contributed by atoms with van der Waals surface area (Å²) >= 11 is 0. The van der Waals surface area contributed by atoms with Crippen LogP contribution in [-0.4, -0.2) is 10.4 Å². The van der Waals surface area contributed by atoms with Crippen LogP contribution in [0.15, 0.2) is 53.3 Å². The number of hydrogen-bond acceptors (Lipinski definition) is 2. The average Bonchev–Trinajstić information content (AvgIpc) is 2.85. The van der Waals surface area contributed by atoms with Crippen molar-refractivity contribution in [2.75, 3.05) is 0 Å². The molecule has 1 aliphatic rings. The number of benzene rings is 2. The van der Waals surface area contributed by atoms with Crippen LogP contribution in [0.4, 0.5) is 0 Å². The molecular formula is C19H15NO2. The Kier molecular flexibility index (Phi) is 2.76. The molecule has 3 aromatic rings. The first kappa shape index (κ1) is 13.0. The van der Waals surface area contributed by atoms with Crippen molar-refractivity contribution < 1.29 is 4.79 Å². The Labute approximate surface area is 127 Å². The number of pyridine rings is 1. The lowest BCUT2D eigenvalue weighted by Gasteiger charge is -2.14. The van der Waals surface area contributed by atoms with Gasteiger partial charge in [-0.25, -0.2) is 0 Å². The molecule has 0 amide bonds. The number of carbonyl (C=O) groups is 1. The topological polar surface area (TPSA) is 39.1 Å². The molecule has 4 rings (SSSR count). The Balaban J connectivity index is 2.24. The van der Waals surface area contributed by atoms with Crippen molar-refractivity contribution in [3.63, 3.8) is 0 Å². The Morgan fingerprint density at radius 1 is 0.864 bits per heavy atom. The van der Waals surface area contributed by atoms with Gasteiger partial charge in [0.1, 0.15) is 0 Å². The van der Waals surface area contributed by atoms with E-state index in [0.29, 0.717) is 23.1 Å². The first-order valence-electron chi connectivity index (χ1n) is 7.53. The van der Waals surface area contributed by atoms with Crippen molar-refractivity contribution in [2.24, 2.45) is 0 Å². The van der Waals surface area contributed by atoms with E-state index < -0.39 is 0 Å². The molecule has 0 spiro atoms. The highest BCUT2D eigenvalue weighted by atomic mass is 16.1. The largest absolute Gasteiger partial charge is 0.307 e. The molecule has 3 heteroatoms. The fourth-order valence-corrected chi connectivity index (χ4v) is 3.37. The minimum Gasteiger partial charge on any atom is -0.307 e. The summed E-state index contributed by atoms with van der Waals surface area (Å²) < 4.78 is 1.77. The normalized spacial score (nSPS) is 12.5. The summed E-state index contributed by atoms with van der Waals surface area (Å²) in [4.78, 5) is 25.7. The van der Waals surface area contributed by atoms with Crippen LogP contribution in [0.25, 0.3) is 22.0 Å². The van der Waals surface area contributed by atoms with Crippen LogP contribution in [0.5, 0.6) is 0 Å². The van der Waals surface area contributed by atoms with Crippen molar-refractivity contribution in [3.05, 3.63) is 70.0 Å². The maximum Gasteiger partial charge on any atom is 0.258 e. The van der Waals surface area contributed by atoms with Gasteiger partial charge in [-0.05, 0) is 12.5 Å². The zero-order valence-electron chi connectivity index (χ0n) is 12.3. The second-order valence-corrected chi connectivity index (χ2v) is 5.60. The summed E-state index contributed by atoms with van der Waals surface area (Å²) in [6, 6.07) is 15.0. The second-order valence-electron chi connectivity index (χ2n) is 5.60. The van der Waals surface area contributed by atoms with Gasteiger partial charge in [0.15, 0.2) is 5.78 Å². The molecule has 1 aromatic heterocycles. The van der Waals surface area contributed by atoms with Crippen LogP contribution in [0.1, 0.15) is 29.3 Å². The highest BCUT2D eigenvalue weighted by molar-refractivity contribution is 6.26. The predicted molar refractivity (Wildman–Crippen MR) is 87.4 cm³/mol. The van der Waals surface area contributed by atoms with Crippen LogP contribution in [0, 0.1) is 0 Å². The van der Waals surface area contributed by atoms with Gasteiger partial charge in [-0.2, -0.15) is 0 Å². The minimum absolute atomic E-state index is 0.0132. The summed E-state index contributed by atoms with van der Waals surface area (Å²) in [5.74, 6) is 0.0200. The number of fused-ring (bicyclic) bond motifs is 5. The lowest BCUT2D eigenvalue weighted by atomic mass is 10.0. The van der Waals surface area contributed by atoms with Crippen LogP contribution in [-0.2, 0) is 6.54 Å². The van der Waals surface area contributed by atoms with Gasteiger partial charge >= 0.3 is 0 Å². The first-order chi connectivity index (χ1) is 10.7. The Morgan fingerprint density at radius 2 is 1.50 bits per heavy atom. The maximum absolute atomic E-state index is 12.9. The molecule has 2 aromatic carbocycles. The van der Waals surface area contributed by atoms with Crippen molar-refractivity contribution in [2.45, 2.75) is 19.9 Å². The van der Waals surface area contributed by atoms with E-state index in [2.05, 4.69) is 0 Å². The molecule has 3 nitrogen and oxygen atoms in total. The lowest BCUT2D eigenvalue weighted by molar-refractivity contribution is 0.104. The number of rotatable bonds is 2. The van der Waals surface area contributed by atoms with E-state index in [-0.39, 0.29) is 11.3 Å². The highest BCUT2D eigenvalue weighted by Crippen LogP contribution is 2.39. The van der Waals surface area contributed by atoms with Crippen molar-refractivity contribution in [1.82, 2.24) is 4.57 Å². The highest BCUT2D eigenvalue weighted by Gasteiger charge is 2.31. The van der Waals surface area contributed by atoms with Gasteiger partial charge in [-0.1, -0.05) is 49.4 Å². The van der Waals surface area contributed by atoms with E-state index in [1.807, 2.05) is 49.4 Å². The third-order valence-electron chi connectivity index (χ3n) is 4.28. The van der Waals surface area contributed by atoms with Gasteiger partial charge in [0.2, 0.25) is 0 Å². The quantitative estimate of drug-likeness (QED) is 0.565. The minimum atomic E-state index is -0.0132. The van der Waals surface area contributed by atoms with Crippen molar-refractivity contribution >= 4 is 16.6 Å². The zero-order valence-corrected chi connectivity index (χ0v) is 12.3. The molecule has 0 unspecified atom stereocenters. The Morgan fingerprint density at radius 3 is 2.23 bits per heavy atom. The van der Waals surface area contributed by atoms with Gasteiger partial charge in [0, 0.05) is 28.4 Å². The molecule has 22 heavy (non-hydrogen) atoms. The van der Waals surface area contributed by atoms with E-state index in [0.717, 1.165) is 23.1 Å². The molecule has 108 valence electrons. The molecule has 0 aliphatic heterocycles. The second kappa shape index (κ2) is 4.67. The van der Waals surface area contributed by atoms with E-state index in [9.17, 15) is 9.59 Å². The maximum atomic E-state index is 12.9. The summed E-state index contributed by atoms with van der Waals surface area (Å²) in [5.41, 5.74) is 3.01. The zero-order chi connectivity index (χ0) is 15.3. The van der Waals surface area contributed by atoms with E-state index in [4.69, 9.17) is 0 Å². The van der Waals surface area contributed by atoms with E-state index >= 15 is 0 Å². The molecule has 0 radical (unpaired) electrons. The summed E-state index contributed by atoms with van der Waals surface area (Å²) in [6.07, 6.45) is 0.848. The summed E-state index contributed by atoms with van der Waals surface area (Å²) in [5, 5.41) is 1.38. The SMILES string of the molecule is CCCn1c2c(c3ccccc3c1=O)C(=O)c1ccccc1-2. The lowest BCUT2D eigenvalue weighted by Crippen LogP contribution is -2.23. The van der Waals surface area contributed by atoms with Gasteiger partial charge in [0.25, 0.3) is 5.56 Å². The standard InChI is InChI=1S/C19H15NO2/c1-2-11-20-17-13-8-4-5-9-14(13)18(21)16(17)12-7-3-6-10-15(12)19(20)22/h3-10H,2,11H2,1H3. The number of ketones is 1. The molecule has 0 N–H and O–H groups in total. The summed E-state index contributed by atoms with van der Waals surface area (Å²) in [7, 11) is 0. The molecule has 0 atom stereocenters. The first-order valence-corrected chi connectivity index (χ1v) is 7.53. The smallest absolute Gasteiger partial charge is 0.258 e. The summed E-state index contributed by atoms with van der Waals surface area (Å²) in [6.45, 7) is 2.66. The Bertz CT molecular complexity index is 982. The fraction of sp³-hybridized carbons (Fsp3) is 0.158. The predicted octanol–water partition coefficient (Wildman–Crippen LogP) is 3.62. The number of aromatic nitrogens is 1. The monoisotopic (exact) mass is 289 g/mol. The number of hydrogen-bond donors (Lipinski definition) is 0. The third kappa shape index (κ3) is 1.56. The van der Waals surface area contributed by atoms with Crippen LogP contribution in [0.2, 0.25) is 0 Å². The van der Waals surface area contributed by atoms with Gasteiger partial charge in [0.05, 0.1) is 11.3 Å². The molecule has 0 bridgehead atoms. The van der Waals surface area contributed by atoms with Crippen LogP contribution >= 0.6 is 0 Å².